The summed E-state index contributed by atoms with van der Waals surface area (Å²) in [4.78, 5) is 2.41. The molecule has 0 unspecified atom stereocenters. The number of hydrogen-bond acceptors (Lipinski definition) is 2. The van der Waals surface area contributed by atoms with E-state index < -0.39 is 0 Å². The van der Waals surface area contributed by atoms with Gasteiger partial charge in [0.05, 0.1) is 0 Å². The van der Waals surface area contributed by atoms with Gasteiger partial charge in [-0.25, -0.2) is 0 Å². The molecule has 1 aromatic carbocycles. The molecule has 2 heteroatoms. The van der Waals surface area contributed by atoms with Crippen LogP contribution in [0, 0.1) is 0 Å². The average molecular weight is 218 g/mol. The number of piperidine rings is 1. The zero-order chi connectivity index (χ0) is 11.4. The van der Waals surface area contributed by atoms with Gasteiger partial charge in [0.25, 0.3) is 0 Å². The summed E-state index contributed by atoms with van der Waals surface area (Å²) >= 11 is 0. The minimum absolute atomic E-state index is 0.467. The lowest BCUT2D eigenvalue weighted by Crippen LogP contribution is -2.41. The second-order valence-corrected chi connectivity index (χ2v) is 4.88. The summed E-state index contributed by atoms with van der Waals surface area (Å²) in [6.07, 6.45) is 2.54. The molecule has 0 bridgehead atoms. The molecule has 0 radical (unpaired) electrons. The number of rotatable bonds is 3. The lowest BCUT2D eigenvalue weighted by Gasteiger charge is -2.31. The predicted octanol–water partition coefficient (Wildman–Crippen LogP) is 2.43. The number of hydrogen-bond donors (Lipinski definition) is 1. The molecule has 1 atom stereocenters. The molecule has 2 rings (SSSR count). The minimum Gasteiger partial charge on any atom is -0.307 e. The van der Waals surface area contributed by atoms with E-state index in [1.54, 1.807) is 0 Å². The van der Waals surface area contributed by atoms with E-state index in [1.165, 1.54) is 31.5 Å². The van der Waals surface area contributed by atoms with Crippen molar-refractivity contribution in [3.8, 4) is 0 Å². The van der Waals surface area contributed by atoms with Gasteiger partial charge < -0.3 is 10.2 Å². The molecule has 1 N–H and O–H groups in total. The van der Waals surface area contributed by atoms with E-state index in [1.807, 2.05) is 0 Å². The number of benzene rings is 1. The third kappa shape index (κ3) is 3.06. The first kappa shape index (κ1) is 11.6. The molecular weight excluding hydrogens is 196 g/mol. The van der Waals surface area contributed by atoms with Crippen molar-refractivity contribution in [1.82, 2.24) is 10.2 Å². The highest BCUT2D eigenvalue weighted by atomic mass is 15.1. The fraction of sp³-hybridized carbons (Fsp3) is 0.571. The van der Waals surface area contributed by atoms with E-state index in [-0.39, 0.29) is 0 Å². The van der Waals surface area contributed by atoms with E-state index in [2.05, 4.69) is 54.5 Å². The van der Waals surface area contributed by atoms with Crippen LogP contribution in [0.15, 0.2) is 30.3 Å². The van der Waals surface area contributed by atoms with E-state index >= 15 is 0 Å². The third-order valence-electron chi connectivity index (χ3n) is 3.50. The van der Waals surface area contributed by atoms with Gasteiger partial charge in [-0.2, -0.15) is 0 Å². The first-order valence-corrected chi connectivity index (χ1v) is 6.25. The van der Waals surface area contributed by atoms with Crippen LogP contribution < -0.4 is 5.32 Å². The second kappa shape index (κ2) is 5.46. The van der Waals surface area contributed by atoms with Crippen LogP contribution in [0.1, 0.15) is 31.4 Å². The van der Waals surface area contributed by atoms with Crippen LogP contribution in [-0.2, 0) is 0 Å². The van der Waals surface area contributed by atoms with Gasteiger partial charge in [-0.3, -0.25) is 0 Å². The Hall–Kier alpha value is -0.860. The fourth-order valence-corrected chi connectivity index (χ4v) is 2.37. The van der Waals surface area contributed by atoms with Crippen LogP contribution in [0.25, 0.3) is 0 Å². The van der Waals surface area contributed by atoms with E-state index in [4.69, 9.17) is 0 Å². The normalized spacial score (nSPS) is 20.9. The minimum atomic E-state index is 0.467. The van der Waals surface area contributed by atoms with E-state index in [0.29, 0.717) is 12.1 Å². The van der Waals surface area contributed by atoms with Crippen molar-refractivity contribution in [1.29, 1.82) is 0 Å². The van der Waals surface area contributed by atoms with E-state index in [9.17, 15) is 0 Å². The lowest BCUT2D eigenvalue weighted by atomic mass is 10.0. The summed E-state index contributed by atoms with van der Waals surface area (Å²) < 4.78 is 0. The summed E-state index contributed by atoms with van der Waals surface area (Å²) in [6, 6.07) is 11.9. The predicted molar refractivity (Wildman–Crippen MR) is 68.5 cm³/mol. The van der Waals surface area contributed by atoms with Crippen LogP contribution >= 0.6 is 0 Å². The molecule has 1 aliphatic rings. The molecule has 0 spiro atoms. The van der Waals surface area contributed by atoms with Gasteiger partial charge in [-0.15, -0.1) is 0 Å². The molecular formula is C14H22N2. The van der Waals surface area contributed by atoms with Crippen molar-refractivity contribution < 1.29 is 0 Å². The van der Waals surface area contributed by atoms with Crippen LogP contribution in [0.2, 0.25) is 0 Å². The van der Waals surface area contributed by atoms with Gasteiger partial charge in [-0.05, 0) is 45.5 Å². The largest absolute Gasteiger partial charge is 0.307 e. The smallest absolute Gasteiger partial charge is 0.0294 e. The Morgan fingerprint density at radius 2 is 1.81 bits per heavy atom. The zero-order valence-corrected chi connectivity index (χ0v) is 10.3. The van der Waals surface area contributed by atoms with Crippen LogP contribution in [0.5, 0.6) is 0 Å². The average Bonchev–Trinajstić information content (AvgIpc) is 2.33. The molecule has 1 aromatic rings. The third-order valence-corrected chi connectivity index (χ3v) is 3.50. The number of nitrogens with one attached hydrogen (secondary N) is 1. The zero-order valence-electron chi connectivity index (χ0n) is 10.3. The van der Waals surface area contributed by atoms with Crippen LogP contribution in [0.4, 0.5) is 0 Å². The van der Waals surface area contributed by atoms with Crippen LogP contribution in [-0.4, -0.2) is 31.1 Å². The van der Waals surface area contributed by atoms with Gasteiger partial charge in [-0.1, -0.05) is 30.3 Å². The highest BCUT2D eigenvalue weighted by molar-refractivity contribution is 5.18. The molecule has 1 heterocycles. The summed E-state index contributed by atoms with van der Waals surface area (Å²) in [7, 11) is 2.21. The maximum absolute atomic E-state index is 3.73. The Morgan fingerprint density at radius 3 is 2.44 bits per heavy atom. The quantitative estimate of drug-likeness (QED) is 0.838. The van der Waals surface area contributed by atoms with Crippen molar-refractivity contribution in [2.75, 3.05) is 20.1 Å². The summed E-state index contributed by atoms with van der Waals surface area (Å²) in [5.41, 5.74) is 1.39. The summed E-state index contributed by atoms with van der Waals surface area (Å²) in [5, 5.41) is 3.73. The number of nitrogens with zero attached hydrogens (tertiary/aromatic N) is 1. The van der Waals surface area contributed by atoms with Gasteiger partial charge in [0.15, 0.2) is 0 Å². The Labute approximate surface area is 98.7 Å². The van der Waals surface area contributed by atoms with Crippen molar-refractivity contribution in [2.24, 2.45) is 0 Å². The Balaban J connectivity index is 1.86. The number of likely N-dealkylation sites (tertiary alicyclic amines) is 1. The first-order valence-electron chi connectivity index (χ1n) is 6.25. The van der Waals surface area contributed by atoms with Gasteiger partial charge in [0.1, 0.15) is 0 Å². The van der Waals surface area contributed by atoms with Crippen molar-refractivity contribution in [2.45, 2.75) is 31.8 Å². The van der Waals surface area contributed by atoms with Crippen molar-refractivity contribution in [3.63, 3.8) is 0 Å². The molecule has 0 aliphatic carbocycles. The molecule has 1 saturated heterocycles. The molecule has 0 amide bonds. The van der Waals surface area contributed by atoms with Gasteiger partial charge in [0.2, 0.25) is 0 Å². The lowest BCUT2D eigenvalue weighted by molar-refractivity contribution is 0.226. The SMILES string of the molecule is C[C@H](NC1CCN(C)CC1)c1ccccc1. The highest BCUT2D eigenvalue weighted by Gasteiger charge is 2.18. The summed E-state index contributed by atoms with van der Waals surface area (Å²) in [5.74, 6) is 0. The topological polar surface area (TPSA) is 15.3 Å². The van der Waals surface area contributed by atoms with Gasteiger partial charge >= 0.3 is 0 Å². The van der Waals surface area contributed by atoms with Crippen molar-refractivity contribution >= 4 is 0 Å². The van der Waals surface area contributed by atoms with Crippen molar-refractivity contribution in [3.05, 3.63) is 35.9 Å². The van der Waals surface area contributed by atoms with Crippen LogP contribution in [0.3, 0.4) is 0 Å². The molecule has 1 fully saturated rings. The maximum Gasteiger partial charge on any atom is 0.0294 e. The standard InChI is InChI=1S/C14H22N2/c1-12(13-6-4-3-5-7-13)15-14-8-10-16(2)11-9-14/h3-7,12,14-15H,8-11H2,1-2H3/t12-/m0/s1. The first-order chi connectivity index (χ1) is 7.75. The highest BCUT2D eigenvalue weighted by Crippen LogP contribution is 2.16. The van der Waals surface area contributed by atoms with Gasteiger partial charge in [0, 0.05) is 12.1 Å². The second-order valence-electron chi connectivity index (χ2n) is 4.88. The molecule has 0 saturated carbocycles. The monoisotopic (exact) mass is 218 g/mol. The summed E-state index contributed by atoms with van der Waals surface area (Å²) in [6.45, 7) is 4.70. The Bertz CT molecular complexity index is 302. The Morgan fingerprint density at radius 1 is 1.19 bits per heavy atom. The molecule has 1 aliphatic heterocycles. The molecule has 16 heavy (non-hydrogen) atoms. The maximum atomic E-state index is 3.73. The molecule has 88 valence electrons. The Kier molecular flexibility index (Phi) is 3.97. The fourth-order valence-electron chi connectivity index (χ4n) is 2.37. The van der Waals surface area contributed by atoms with E-state index in [0.717, 1.165) is 0 Å². The molecule has 2 nitrogen and oxygen atoms in total. The molecule has 0 aromatic heterocycles.